The number of hydrogen-bond acceptors (Lipinski definition) is 2. The van der Waals surface area contributed by atoms with Crippen molar-refractivity contribution in [2.24, 2.45) is 0 Å². The number of aryl methyl sites for hydroxylation is 2. The number of aliphatic hydroxyl groups excluding tert-OH is 1. The van der Waals surface area contributed by atoms with Gasteiger partial charge in [0.2, 0.25) is 0 Å². The molecule has 106 valence electrons. The summed E-state index contributed by atoms with van der Waals surface area (Å²) in [7, 11) is 0. The number of pyridine rings is 1. The molecule has 0 saturated heterocycles. The average molecular weight is 281 g/mol. The van der Waals surface area contributed by atoms with Gasteiger partial charge in [0.15, 0.2) is 0 Å². The molecule has 21 heavy (non-hydrogen) atoms. The Balaban J connectivity index is 2.04. The fourth-order valence-corrected chi connectivity index (χ4v) is 2.54. The lowest BCUT2D eigenvalue weighted by Crippen LogP contribution is -2.02. The molecule has 1 N–H and O–H groups in total. The Kier molecular flexibility index (Phi) is 3.43. The van der Waals surface area contributed by atoms with Crippen LogP contribution in [0.4, 0.5) is 4.39 Å². The summed E-state index contributed by atoms with van der Waals surface area (Å²) in [5.41, 5.74) is 4.11. The summed E-state index contributed by atoms with van der Waals surface area (Å²) >= 11 is 0. The van der Waals surface area contributed by atoms with E-state index in [4.69, 9.17) is 0 Å². The van der Waals surface area contributed by atoms with Crippen molar-refractivity contribution in [3.63, 3.8) is 0 Å². The Hall–Kier alpha value is -2.26. The Labute approximate surface area is 122 Å². The summed E-state index contributed by atoms with van der Waals surface area (Å²) in [5, 5.41) is 11.5. The number of benzene rings is 2. The normalized spacial score (nSPS) is 12.6. The van der Waals surface area contributed by atoms with Crippen LogP contribution >= 0.6 is 0 Å². The number of aromatic nitrogens is 1. The zero-order valence-electron chi connectivity index (χ0n) is 12.0. The first-order valence-electron chi connectivity index (χ1n) is 6.86. The van der Waals surface area contributed by atoms with Crippen molar-refractivity contribution in [1.29, 1.82) is 0 Å². The average Bonchev–Trinajstić information content (AvgIpc) is 2.46. The van der Waals surface area contributed by atoms with Crippen LogP contribution < -0.4 is 0 Å². The monoisotopic (exact) mass is 281 g/mol. The Morgan fingerprint density at radius 1 is 1.00 bits per heavy atom. The molecule has 3 heteroatoms. The van der Waals surface area contributed by atoms with Gasteiger partial charge in [-0.3, -0.25) is 4.98 Å². The molecule has 0 saturated carbocycles. The molecule has 3 rings (SSSR count). The first-order chi connectivity index (χ1) is 10.0. The highest BCUT2D eigenvalue weighted by Gasteiger charge is 2.14. The number of halogens is 1. The van der Waals surface area contributed by atoms with Gasteiger partial charge in [-0.1, -0.05) is 18.2 Å². The molecule has 1 atom stereocenters. The highest BCUT2D eigenvalue weighted by Crippen LogP contribution is 2.27. The lowest BCUT2D eigenvalue weighted by Gasteiger charge is -2.15. The molecule has 0 aliphatic rings. The van der Waals surface area contributed by atoms with Crippen molar-refractivity contribution < 1.29 is 9.50 Å². The predicted molar refractivity (Wildman–Crippen MR) is 81.7 cm³/mol. The largest absolute Gasteiger partial charge is 0.384 e. The van der Waals surface area contributed by atoms with E-state index in [1.54, 1.807) is 13.0 Å². The molecule has 0 aliphatic carbocycles. The fraction of sp³-hybridized carbons (Fsp3) is 0.167. The third-order valence-electron chi connectivity index (χ3n) is 3.69. The van der Waals surface area contributed by atoms with Crippen LogP contribution in [0.5, 0.6) is 0 Å². The molecule has 2 aromatic carbocycles. The van der Waals surface area contributed by atoms with Gasteiger partial charge in [-0.05, 0) is 60.9 Å². The van der Waals surface area contributed by atoms with Crippen LogP contribution in [0.2, 0.25) is 0 Å². The summed E-state index contributed by atoms with van der Waals surface area (Å²) in [4.78, 5) is 4.45. The standard InChI is InChI=1S/C18H16FNO/c1-11-9-15(19)6-7-16(11)18(21)14-5-8-17-13(10-14)4-3-12(2)20-17/h3-10,18,21H,1-2H3. The van der Waals surface area contributed by atoms with Gasteiger partial charge in [0.05, 0.1) is 5.52 Å². The van der Waals surface area contributed by atoms with E-state index < -0.39 is 6.10 Å². The lowest BCUT2D eigenvalue weighted by atomic mass is 9.96. The summed E-state index contributed by atoms with van der Waals surface area (Å²) in [6, 6.07) is 14.1. The minimum absolute atomic E-state index is 0.290. The van der Waals surface area contributed by atoms with Crippen LogP contribution in [0.25, 0.3) is 10.9 Å². The number of fused-ring (bicyclic) bond motifs is 1. The molecule has 2 nitrogen and oxygen atoms in total. The van der Waals surface area contributed by atoms with Gasteiger partial charge in [0.25, 0.3) is 0 Å². The van der Waals surface area contributed by atoms with Gasteiger partial charge in [0.1, 0.15) is 11.9 Å². The van der Waals surface area contributed by atoms with E-state index in [2.05, 4.69) is 4.98 Å². The molecule has 0 bridgehead atoms. The fourth-order valence-electron chi connectivity index (χ4n) is 2.54. The number of hydrogen-bond donors (Lipinski definition) is 1. The summed E-state index contributed by atoms with van der Waals surface area (Å²) in [5.74, 6) is -0.290. The van der Waals surface area contributed by atoms with E-state index in [1.165, 1.54) is 12.1 Å². The van der Waals surface area contributed by atoms with Gasteiger partial charge in [-0.15, -0.1) is 0 Å². The van der Waals surface area contributed by atoms with Crippen LogP contribution in [-0.4, -0.2) is 10.1 Å². The molecular formula is C18H16FNO. The summed E-state index contributed by atoms with van der Waals surface area (Å²) in [6.07, 6.45) is -0.767. The highest BCUT2D eigenvalue weighted by atomic mass is 19.1. The Morgan fingerprint density at radius 2 is 1.81 bits per heavy atom. The number of aliphatic hydroxyl groups is 1. The molecule has 0 amide bonds. The smallest absolute Gasteiger partial charge is 0.123 e. The molecular weight excluding hydrogens is 265 g/mol. The second-order valence-corrected chi connectivity index (χ2v) is 5.31. The second kappa shape index (κ2) is 5.26. The first kappa shape index (κ1) is 13.7. The first-order valence-corrected chi connectivity index (χ1v) is 6.86. The molecule has 3 aromatic rings. The molecule has 0 fully saturated rings. The van der Waals surface area contributed by atoms with Gasteiger partial charge in [-0.2, -0.15) is 0 Å². The van der Waals surface area contributed by atoms with E-state index >= 15 is 0 Å². The third-order valence-corrected chi connectivity index (χ3v) is 3.69. The maximum absolute atomic E-state index is 13.2. The lowest BCUT2D eigenvalue weighted by molar-refractivity contribution is 0.219. The summed E-state index contributed by atoms with van der Waals surface area (Å²) in [6.45, 7) is 3.75. The minimum atomic E-state index is -0.767. The van der Waals surface area contributed by atoms with Crippen LogP contribution in [0.3, 0.4) is 0 Å². The maximum atomic E-state index is 13.2. The van der Waals surface area contributed by atoms with Crippen LogP contribution in [0.15, 0.2) is 48.5 Å². The van der Waals surface area contributed by atoms with E-state index in [0.29, 0.717) is 0 Å². The molecule has 0 aliphatic heterocycles. The Bertz CT molecular complexity index is 813. The van der Waals surface area contributed by atoms with E-state index in [-0.39, 0.29) is 5.82 Å². The quantitative estimate of drug-likeness (QED) is 0.768. The zero-order chi connectivity index (χ0) is 15.0. The molecule has 0 radical (unpaired) electrons. The van der Waals surface area contributed by atoms with Crippen LogP contribution in [0, 0.1) is 19.7 Å². The van der Waals surface area contributed by atoms with E-state index in [9.17, 15) is 9.50 Å². The van der Waals surface area contributed by atoms with Gasteiger partial charge < -0.3 is 5.11 Å². The predicted octanol–water partition coefficient (Wildman–Crippen LogP) is 4.07. The SMILES string of the molecule is Cc1ccc2cc(C(O)c3ccc(F)cc3C)ccc2n1. The van der Waals surface area contributed by atoms with Crippen molar-refractivity contribution >= 4 is 10.9 Å². The van der Waals surface area contributed by atoms with Crippen molar-refractivity contribution in [2.45, 2.75) is 20.0 Å². The molecule has 1 aromatic heterocycles. The van der Waals surface area contributed by atoms with E-state index in [0.717, 1.165) is 33.3 Å². The molecule has 1 unspecified atom stereocenters. The second-order valence-electron chi connectivity index (χ2n) is 5.31. The summed E-state index contributed by atoms with van der Waals surface area (Å²) < 4.78 is 13.2. The van der Waals surface area contributed by atoms with Crippen LogP contribution in [-0.2, 0) is 0 Å². The van der Waals surface area contributed by atoms with E-state index in [1.807, 2.05) is 37.3 Å². The minimum Gasteiger partial charge on any atom is -0.384 e. The third kappa shape index (κ3) is 2.65. The molecule has 0 spiro atoms. The number of nitrogens with zero attached hydrogens (tertiary/aromatic N) is 1. The Morgan fingerprint density at radius 3 is 2.57 bits per heavy atom. The zero-order valence-corrected chi connectivity index (χ0v) is 12.0. The topological polar surface area (TPSA) is 33.1 Å². The number of rotatable bonds is 2. The van der Waals surface area contributed by atoms with Gasteiger partial charge >= 0.3 is 0 Å². The molecule has 1 heterocycles. The van der Waals surface area contributed by atoms with Crippen LogP contribution in [0.1, 0.15) is 28.5 Å². The van der Waals surface area contributed by atoms with Gasteiger partial charge in [-0.25, -0.2) is 4.39 Å². The van der Waals surface area contributed by atoms with Crippen molar-refractivity contribution in [3.8, 4) is 0 Å². The highest BCUT2D eigenvalue weighted by molar-refractivity contribution is 5.79. The van der Waals surface area contributed by atoms with Crippen molar-refractivity contribution in [2.75, 3.05) is 0 Å². The van der Waals surface area contributed by atoms with Crippen molar-refractivity contribution in [3.05, 3.63) is 76.7 Å². The van der Waals surface area contributed by atoms with Crippen molar-refractivity contribution in [1.82, 2.24) is 4.98 Å². The maximum Gasteiger partial charge on any atom is 0.123 e. The van der Waals surface area contributed by atoms with Gasteiger partial charge in [0, 0.05) is 11.1 Å².